The Morgan fingerprint density at radius 1 is 1.37 bits per heavy atom. The fourth-order valence-electron chi connectivity index (χ4n) is 2.77. The second-order valence-corrected chi connectivity index (χ2v) is 5.31. The Morgan fingerprint density at radius 3 is 2.95 bits per heavy atom. The van der Waals surface area contributed by atoms with Gasteiger partial charge < -0.3 is 15.0 Å². The van der Waals surface area contributed by atoms with Crippen molar-refractivity contribution < 1.29 is 4.74 Å². The van der Waals surface area contributed by atoms with Crippen LogP contribution in [0.4, 0.5) is 0 Å². The molecule has 0 spiro atoms. The number of halogens is 1. The Bertz CT molecular complexity index is 606. The first-order valence-corrected chi connectivity index (χ1v) is 6.88. The van der Waals surface area contributed by atoms with Crippen molar-refractivity contribution in [1.29, 1.82) is 0 Å². The van der Waals surface area contributed by atoms with Gasteiger partial charge in [0.05, 0.1) is 12.1 Å². The van der Waals surface area contributed by atoms with Gasteiger partial charge in [-0.15, -0.1) is 0 Å². The molecule has 4 heteroatoms. The molecule has 0 saturated heterocycles. The van der Waals surface area contributed by atoms with Gasteiger partial charge >= 0.3 is 0 Å². The van der Waals surface area contributed by atoms with Crippen molar-refractivity contribution in [2.45, 2.75) is 25.3 Å². The summed E-state index contributed by atoms with van der Waals surface area (Å²) in [5.41, 5.74) is 9.78. The number of methoxy groups -OCH3 is 1. The van der Waals surface area contributed by atoms with E-state index in [1.165, 1.54) is 11.3 Å². The molecular weight excluding hydrogens is 260 g/mol. The quantitative estimate of drug-likeness (QED) is 0.912. The van der Waals surface area contributed by atoms with Crippen LogP contribution in [0.15, 0.2) is 30.5 Å². The SMILES string of the molecule is COc1ccc(-n2ccc3c2CCCC3N)cc1Cl. The van der Waals surface area contributed by atoms with E-state index < -0.39 is 0 Å². The van der Waals surface area contributed by atoms with E-state index in [9.17, 15) is 0 Å². The van der Waals surface area contributed by atoms with Gasteiger partial charge in [-0.05, 0) is 49.1 Å². The van der Waals surface area contributed by atoms with E-state index in [4.69, 9.17) is 22.1 Å². The van der Waals surface area contributed by atoms with Gasteiger partial charge in [0.15, 0.2) is 0 Å². The first-order valence-electron chi connectivity index (χ1n) is 6.50. The second-order valence-electron chi connectivity index (χ2n) is 4.91. The van der Waals surface area contributed by atoms with Crippen molar-refractivity contribution in [2.24, 2.45) is 5.73 Å². The molecule has 0 fully saturated rings. The van der Waals surface area contributed by atoms with Gasteiger partial charge in [0.25, 0.3) is 0 Å². The van der Waals surface area contributed by atoms with Crippen molar-refractivity contribution in [3.8, 4) is 11.4 Å². The number of hydrogen-bond donors (Lipinski definition) is 1. The summed E-state index contributed by atoms with van der Waals surface area (Å²) >= 11 is 6.20. The summed E-state index contributed by atoms with van der Waals surface area (Å²) in [6.07, 6.45) is 5.36. The number of rotatable bonds is 2. The lowest BCUT2D eigenvalue weighted by molar-refractivity contribution is 0.415. The van der Waals surface area contributed by atoms with Crippen LogP contribution in [0.5, 0.6) is 5.75 Å². The molecule has 2 N–H and O–H groups in total. The average Bonchev–Trinajstić information content (AvgIpc) is 2.84. The molecule has 3 nitrogen and oxygen atoms in total. The molecule has 19 heavy (non-hydrogen) atoms. The zero-order valence-electron chi connectivity index (χ0n) is 10.9. The van der Waals surface area contributed by atoms with E-state index in [-0.39, 0.29) is 6.04 Å². The Labute approximate surface area is 117 Å². The molecule has 0 amide bonds. The molecule has 1 aliphatic carbocycles. The normalized spacial score (nSPS) is 18.2. The highest BCUT2D eigenvalue weighted by molar-refractivity contribution is 6.32. The Hall–Kier alpha value is -1.45. The van der Waals surface area contributed by atoms with Crippen LogP contribution in [0, 0.1) is 0 Å². The topological polar surface area (TPSA) is 40.2 Å². The lowest BCUT2D eigenvalue weighted by Crippen LogP contribution is -2.17. The third-order valence-corrected chi connectivity index (χ3v) is 4.06. The minimum atomic E-state index is 0.165. The molecule has 1 aromatic heterocycles. The van der Waals surface area contributed by atoms with Crippen molar-refractivity contribution in [3.63, 3.8) is 0 Å². The van der Waals surface area contributed by atoms with Gasteiger partial charge in [-0.2, -0.15) is 0 Å². The molecule has 0 saturated carbocycles. The largest absolute Gasteiger partial charge is 0.495 e. The molecule has 1 atom stereocenters. The van der Waals surface area contributed by atoms with Crippen molar-refractivity contribution in [2.75, 3.05) is 7.11 Å². The predicted molar refractivity (Wildman–Crippen MR) is 77.2 cm³/mol. The third-order valence-electron chi connectivity index (χ3n) is 3.77. The van der Waals surface area contributed by atoms with E-state index >= 15 is 0 Å². The third kappa shape index (κ3) is 2.13. The highest BCUT2D eigenvalue weighted by Crippen LogP contribution is 2.32. The zero-order valence-corrected chi connectivity index (χ0v) is 11.7. The first kappa shape index (κ1) is 12.6. The van der Waals surface area contributed by atoms with E-state index in [0.29, 0.717) is 10.8 Å². The Balaban J connectivity index is 2.05. The maximum atomic E-state index is 6.20. The van der Waals surface area contributed by atoms with Crippen molar-refractivity contribution in [3.05, 3.63) is 46.7 Å². The fraction of sp³-hybridized carbons (Fsp3) is 0.333. The number of benzene rings is 1. The number of hydrogen-bond acceptors (Lipinski definition) is 2. The number of nitrogens with zero attached hydrogens (tertiary/aromatic N) is 1. The van der Waals surface area contributed by atoms with Crippen molar-refractivity contribution in [1.82, 2.24) is 4.57 Å². The smallest absolute Gasteiger partial charge is 0.137 e. The lowest BCUT2D eigenvalue weighted by Gasteiger charge is -2.21. The highest BCUT2D eigenvalue weighted by atomic mass is 35.5. The molecule has 1 unspecified atom stereocenters. The summed E-state index contributed by atoms with van der Waals surface area (Å²) in [6, 6.07) is 8.13. The van der Waals surface area contributed by atoms with E-state index in [2.05, 4.69) is 16.8 Å². The molecular formula is C15H17ClN2O. The number of aromatic nitrogens is 1. The summed E-state index contributed by atoms with van der Waals surface area (Å²) in [4.78, 5) is 0. The van der Waals surface area contributed by atoms with Crippen LogP contribution in [0.25, 0.3) is 5.69 Å². The van der Waals surface area contributed by atoms with Crippen LogP contribution >= 0.6 is 11.6 Å². The van der Waals surface area contributed by atoms with Crippen LogP contribution in [-0.2, 0) is 6.42 Å². The van der Waals surface area contributed by atoms with E-state index in [0.717, 1.165) is 24.9 Å². The van der Waals surface area contributed by atoms with Gasteiger partial charge in [-0.25, -0.2) is 0 Å². The molecule has 1 aromatic carbocycles. The Morgan fingerprint density at radius 2 is 2.21 bits per heavy atom. The highest BCUT2D eigenvalue weighted by Gasteiger charge is 2.20. The van der Waals surface area contributed by atoms with Crippen LogP contribution in [-0.4, -0.2) is 11.7 Å². The summed E-state index contributed by atoms with van der Waals surface area (Å²) < 4.78 is 7.37. The maximum Gasteiger partial charge on any atom is 0.137 e. The van der Waals surface area contributed by atoms with Gasteiger partial charge in [-0.3, -0.25) is 0 Å². The summed E-state index contributed by atoms with van der Waals surface area (Å²) in [5.74, 6) is 0.697. The van der Waals surface area contributed by atoms with Crippen LogP contribution in [0.2, 0.25) is 5.02 Å². The fourth-order valence-corrected chi connectivity index (χ4v) is 3.03. The lowest BCUT2D eigenvalue weighted by atomic mass is 9.93. The average molecular weight is 277 g/mol. The monoisotopic (exact) mass is 276 g/mol. The molecule has 2 aromatic rings. The van der Waals surface area contributed by atoms with Crippen molar-refractivity contribution >= 4 is 11.6 Å². The minimum absolute atomic E-state index is 0.165. The van der Waals surface area contributed by atoms with Gasteiger partial charge in [0, 0.05) is 23.6 Å². The van der Waals surface area contributed by atoms with Crippen LogP contribution < -0.4 is 10.5 Å². The molecule has 3 rings (SSSR count). The Kier molecular flexibility index (Phi) is 3.25. The second kappa shape index (κ2) is 4.91. The summed E-state index contributed by atoms with van der Waals surface area (Å²) in [7, 11) is 1.62. The molecule has 100 valence electrons. The van der Waals surface area contributed by atoms with E-state index in [1.54, 1.807) is 7.11 Å². The van der Waals surface area contributed by atoms with Crippen LogP contribution in [0.1, 0.15) is 30.1 Å². The molecule has 0 aliphatic heterocycles. The molecule has 0 bridgehead atoms. The van der Waals surface area contributed by atoms with Gasteiger partial charge in [0.1, 0.15) is 5.75 Å². The van der Waals surface area contributed by atoms with Gasteiger partial charge in [-0.1, -0.05) is 11.6 Å². The van der Waals surface area contributed by atoms with Gasteiger partial charge in [0.2, 0.25) is 0 Å². The molecule has 1 heterocycles. The minimum Gasteiger partial charge on any atom is -0.495 e. The summed E-state index contributed by atoms with van der Waals surface area (Å²) in [6.45, 7) is 0. The maximum absolute atomic E-state index is 6.20. The number of ether oxygens (including phenoxy) is 1. The van der Waals surface area contributed by atoms with E-state index in [1.807, 2.05) is 18.2 Å². The molecule has 0 radical (unpaired) electrons. The molecule has 1 aliphatic rings. The zero-order chi connectivity index (χ0) is 13.4. The van der Waals surface area contributed by atoms with Crippen LogP contribution in [0.3, 0.4) is 0 Å². The number of fused-ring (bicyclic) bond motifs is 1. The number of nitrogens with two attached hydrogens (primary N) is 1. The summed E-state index contributed by atoms with van der Waals surface area (Å²) in [5, 5.41) is 0.627. The predicted octanol–water partition coefficient (Wildman–Crippen LogP) is 3.48. The first-order chi connectivity index (χ1) is 9.20. The standard InChI is InChI=1S/C15H17ClN2O/c1-19-15-6-5-10(9-12(15)16)18-8-7-11-13(17)3-2-4-14(11)18/h5-9,13H,2-4,17H2,1H3.